The van der Waals surface area contributed by atoms with Crippen molar-refractivity contribution >= 4 is 22.6 Å². The fraction of sp³-hybridized carbons (Fsp3) is 1.00. The number of rotatable bonds is 3. The third kappa shape index (κ3) is 4.37. The molecule has 0 N–H and O–H groups in total. The Morgan fingerprint density at radius 1 is 1.09 bits per heavy atom. The van der Waals surface area contributed by atoms with Crippen LogP contribution in [-0.4, -0.2) is 64.7 Å². The molecule has 1 saturated carbocycles. The van der Waals surface area contributed by atoms with E-state index < -0.39 is 0 Å². The van der Waals surface area contributed by atoms with Crippen molar-refractivity contribution in [2.75, 3.05) is 39.3 Å². The molecule has 0 aromatic rings. The van der Waals surface area contributed by atoms with Gasteiger partial charge in [0.15, 0.2) is 0 Å². The molecule has 3 nitrogen and oxygen atoms in total. The van der Waals surface area contributed by atoms with Crippen LogP contribution in [0.3, 0.4) is 0 Å². The molecule has 1 spiro atoms. The highest BCUT2D eigenvalue weighted by Gasteiger charge is 2.40. The Kier molecular flexibility index (Phi) is 6.07. The summed E-state index contributed by atoms with van der Waals surface area (Å²) in [4.78, 5) is 5.37. The summed E-state index contributed by atoms with van der Waals surface area (Å²) >= 11 is 2.62. The van der Waals surface area contributed by atoms with Crippen molar-refractivity contribution in [3.05, 3.63) is 0 Å². The van der Waals surface area contributed by atoms with Crippen molar-refractivity contribution in [3.63, 3.8) is 0 Å². The number of morpholine rings is 1. The minimum Gasteiger partial charge on any atom is -0.372 e. The molecule has 0 radical (unpaired) electrons. The second-order valence-corrected chi connectivity index (χ2v) is 9.78. The van der Waals surface area contributed by atoms with Gasteiger partial charge in [0.1, 0.15) is 0 Å². The number of likely N-dealkylation sites (tertiary alicyclic amines) is 1. The molecule has 0 amide bonds. The minimum atomic E-state index is 0.207. The molecule has 0 unspecified atom stereocenters. The molecular weight excluding hydrogens is 387 g/mol. The lowest BCUT2D eigenvalue weighted by Gasteiger charge is -2.47. The predicted octanol–water partition coefficient (Wildman–Crippen LogP) is 3.56. The molecular formula is C18H33IN2O. The van der Waals surface area contributed by atoms with Crippen LogP contribution in [0.5, 0.6) is 0 Å². The Morgan fingerprint density at radius 2 is 1.77 bits per heavy atom. The maximum atomic E-state index is 6.27. The maximum Gasteiger partial charge on any atom is 0.0810 e. The average molecular weight is 420 g/mol. The molecule has 3 aliphatic rings. The molecule has 4 heteroatoms. The molecule has 0 aromatic heterocycles. The molecule has 128 valence electrons. The molecule has 22 heavy (non-hydrogen) atoms. The molecule has 2 aliphatic heterocycles. The molecule has 0 bridgehead atoms. The van der Waals surface area contributed by atoms with E-state index >= 15 is 0 Å². The van der Waals surface area contributed by atoms with E-state index in [-0.39, 0.29) is 5.60 Å². The second kappa shape index (κ2) is 7.66. The standard InChI is InChI=1S/C18H33IN2O/c1-15(2)21-9-5-16(6-10-21)13-20-11-12-22-18(14-20)7-3-17(19)4-8-18/h15-17H,3-14H2,1-2H3. The van der Waals surface area contributed by atoms with Crippen LogP contribution in [0, 0.1) is 5.92 Å². The van der Waals surface area contributed by atoms with E-state index in [1.165, 1.54) is 64.7 Å². The second-order valence-electron chi connectivity index (χ2n) is 8.01. The van der Waals surface area contributed by atoms with E-state index in [2.05, 4.69) is 46.2 Å². The zero-order valence-electron chi connectivity index (χ0n) is 14.4. The summed E-state index contributed by atoms with van der Waals surface area (Å²) in [5.74, 6) is 0.908. The number of hydrogen-bond acceptors (Lipinski definition) is 3. The Hall–Kier alpha value is 0.610. The van der Waals surface area contributed by atoms with Crippen molar-refractivity contribution < 1.29 is 4.74 Å². The highest BCUT2D eigenvalue weighted by atomic mass is 127. The summed E-state index contributed by atoms with van der Waals surface area (Å²) in [6.45, 7) is 11.9. The highest BCUT2D eigenvalue weighted by Crippen LogP contribution is 2.37. The zero-order chi connectivity index (χ0) is 15.6. The largest absolute Gasteiger partial charge is 0.372 e. The van der Waals surface area contributed by atoms with Gasteiger partial charge in [-0.05, 0) is 71.4 Å². The molecule has 0 atom stereocenters. The van der Waals surface area contributed by atoms with Gasteiger partial charge in [0, 0.05) is 29.6 Å². The van der Waals surface area contributed by atoms with Gasteiger partial charge in [-0.2, -0.15) is 0 Å². The van der Waals surface area contributed by atoms with Gasteiger partial charge >= 0.3 is 0 Å². The van der Waals surface area contributed by atoms with Crippen molar-refractivity contribution in [1.29, 1.82) is 0 Å². The van der Waals surface area contributed by atoms with E-state index in [4.69, 9.17) is 4.74 Å². The van der Waals surface area contributed by atoms with Gasteiger partial charge in [0.25, 0.3) is 0 Å². The topological polar surface area (TPSA) is 15.7 Å². The quantitative estimate of drug-likeness (QED) is 0.513. The number of ether oxygens (including phenoxy) is 1. The van der Waals surface area contributed by atoms with E-state index in [0.29, 0.717) is 0 Å². The first-order valence-electron chi connectivity index (χ1n) is 9.31. The first-order valence-corrected chi connectivity index (χ1v) is 10.6. The normalized spacial score (nSPS) is 36.3. The van der Waals surface area contributed by atoms with Gasteiger partial charge in [-0.1, -0.05) is 22.6 Å². The fourth-order valence-corrected chi connectivity index (χ4v) is 5.13. The Balaban J connectivity index is 1.47. The molecule has 1 aliphatic carbocycles. The van der Waals surface area contributed by atoms with Crippen LogP contribution in [0.4, 0.5) is 0 Å². The van der Waals surface area contributed by atoms with Gasteiger partial charge in [0.05, 0.1) is 12.2 Å². The van der Waals surface area contributed by atoms with Crippen molar-refractivity contribution in [1.82, 2.24) is 9.80 Å². The fourth-order valence-electron chi connectivity index (χ4n) is 4.51. The molecule has 3 rings (SSSR count). The van der Waals surface area contributed by atoms with Gasteiger partial charge in [-0.15, -0.1) is 0 Å². The van der Waals surface area contributed by atoms with Gasteiger partial charge < -0.3 is 9.64 Å². The van der Waals surface area contributed by atoms with Gasteiger partial charge in [-0.25, -0.2) is 0 Å². The smallest absolute Gasteiger partial charge is 0.0810 e. The predicted molar refractivity (Wildman–Crippen MR) is 101 cm³/mol. The minimum absolute atomic E-state index is 0.207. The average Bonchev–Trinajstić information content (AvgIpc) is 2.51. The van der Waals surface area contributed by atoms with Crippen molar-refractivity contribution in [2.24, 2.45) is 5.92 Å². The van der Waals surface area contributed by atoms with Crippen LogP contribution in [-0.2, 0) is 4.74 Å². The summed E-state index contributed by atoms with van der Waals surface area (Å²) < 4.78 is 7.15. The lowest BCUT2D eigenvalue weighted by Crippen LogP contribution is -2.54. The summed E-state index contributed by atoms with van der Waals surface area (Å²) in [7, 11) is 0. The third-order valence-corrected chi connectivity index (χ3v) is 7.30. The number of hydrogen-bond donors (Lipinski definition) is 0. The summed E-state index contributed by atoms with van der Waals surface area (Å²) in [5, 5.41) is 0. The van der Waals surface area contributed by atoms with E-state index in [0.717, 1.165) is 29.0 Å². The van der Waals surface area contributed by atoms with Crippen LogP contribution < -0.4 is 0 Å². The molecule has 2 heterocycles. The third-order valence-electron chi connectivity index (χ3n) is 6.05. The highest BCUT2D eigenvalue weighted by molar-refractivity contribution is 14.1. The summed E-state index contributed by atoms with van der Waals surface area (Å²) in [6.07, 6.45) is 8.03. The number of piperidine rings is 1. The van der Waals surface area contributed by atoms with Crippen LogP contribution in [0.15, 0.2) is 0 Å². The first kappa shape index (κ1) is 17.4. The van der Waals surface area contributed by atoms with Crippen LogP contribution in [0.25, 0.3) is 0 Å². The van der Waals surface area contributed by atoms with E-state index in [1.807, 2.05) is 0 Å². The summed E-state index contributed by atoms with van der Waals surface area (Å²) in [6, 6.07) is 0.719. The Bertz CT molecular complexity index is 347. The number of halogens is 1. The SMILES string of the molecule is CC(C)N1CCC(CN2CCOC3(CCC(I)CC3)C2)CC1. The van der Waals surface area contributed by atoms with Gasteiger partial charge in [0.2, 0.25) is 0 Å². The number of alkyl halides is 1. The van der Waals surface area contributed by atoms with Crippen LogP contribution in [0.2, 0.25) is 0 Å². The Labute approximate surface area is 150 Å². The monoisotopic (exact) mass is 420 g/mol. The number of nitrogens with zero attached hydrogens (tertiary/aromatic N) is 2. The maximum absolute atomic E-state index is 6.27. The van der Waals surface area contributed by atoms with E-state index in [9.17, 15) is 0 Å². The molecule has 0 aromatic carbocycles. The van der Waals surface area contributed by atoms with Crippen molar-refractivity contribution in [2.45, 2.75) is 67.9 Å². The van der Waals surface area contributed by atoms with Crippen LogP contribution in [0.1, 0.15) is 52.4 Å². The van der Waals surface area contributed by atoms with E-state index in [1.54, 1.807) is 0 Å². The zero-order valence-corrected chi connectivity index (χ0v) is 16.6. The van der Waals surface area contributed by atoms with Crippen molar-refractivity contribution in [3.8, 4) is 0 Å². The molecule has 3 fully saturated rings. The lowest BCUT2D eigenvalue weighted by molar-refractivity contribution is -0.129. The Morgan fingerprint density at radius 3 is 2.41 bits per heavy atom. The lowest BCUT2D eigenvalue weighted by atomic mass is 9.83. The van der Waals surface area contributed by atoms with Gasteiger partial charge in [-0.3, -0.25) is 4.90 Å². The molecule has 2 saturated heterocycles. The first-order chi connectivity index (χ1) is 10.6. The van der Waals surface area contributed by atoms with Crippen LogP contribution >= 0.6 is 22.6 Å². The summed E-state index contributed by atoms with van der Waals surface area (Å²) in [5.41, 5.74) is 0.207.